The first-order valence-electron chi connectivity index (χ1n) is 18.6. The van der Waals surface area contributed by atoms with E-state index in [4.69, 9.17) is 19.7 Å². The zero-order valence-electron chi connectivity index (χ0n) is 29.9. The predicted octanol–water partition coefficient (Wildman–Crippen LogP) is 5.27. The standard InChI is InChI=1S/C40H40N6O8S/c47-34-17-18-36(54-39-37(42-29-10-5-6-11-30(29)43-39)26-14-13-23-7-1-2-8-24(23)19-26)46-33(28(21-35(46)48)38(49)45-55(52,53)27-15-16-27)22-41-32-20-25(32)9-3-4-12-31(34)44-40(50)51/h1-2,5-8,10-11,13-14,19,22,27-28,31,33,36,44H,3-4,9,12,15-18,20-21H2,(H,45,49)(H,50,51)/b41-22-/t28-,31-,33-,36+/m0/s1. The lowest BCUT2D eigenvalue weighted by Crippen LogP contribution is -2.50. The van der Waals surface area contributed by atoms with E-state index < -0.39 is 57.4 Å². The van der Waals surface area contributed by atoms with Gasteiger partial charge in [0.2, 0.25) is 27.7 Å². The summed E-state index contributed by atoms with van der Waals surface area (Å²) in [5, 5.41) is 13.3. The monoisotopic (exact) mass is 764 g/mol. The topological polar surface area (TPSA) is 197 Å². The van der Waals surface area contributed by atoms with Crippen LogP contribution in [0.5, 0.6) is 5.88 Å². The highest BCUT2D eigenvalue weighted by Crippen LogP contribution is 2.39. The van der Waals surface area contributed by atoms with Gasteiger partial charge in [0.1, 0.15) is 5.69 Å². The van der Waals surface area contributed by atoms with Gasteiger partial charge in [-0.1, -0.05) is 55.0 Å². The van der Waals surface area contributed by atoms with Crippen LogP contribution in [0, 0.1) is 5.92 Å². The van der Waals surface area contributed by atoms with Gasteiger partial charge in [-0.25, -0.2) is 23.2 Å². The summed E-state index contributed by atoms with van der Waals surface area (Å²) in [6.07, 6.45) is 2.25. The number of carbonyl (C=O) groups is 4. The van der Waals surface area contributed by atoms with Crippen LogP contribution in [0.2, 0.25) is 0 Å². The minimum atomic E-state index is -3.93. The minimum absolute atomic E-state index is 0.0736. The van der Waals surface area contributed by atoms with Crippen LogP contribution in [0.25, 0.3) is 33.1 Å². The van der Waals surface area contributed by atoms with Gasteiger partial charge in [-0.15, -0.1) is 0 Å². The number of hydrogen-bond acceptors (Lipinski definition) is 10. The number of carbonyl (C=O) groups excluding carboxylic acids is 3. The maximum Gasteiger partial charge on any atom is 0.405 e. The highest BCUT2D eigenvalue weighted by atomic mass is 32.2. The third-order valence-electron chi connectivity index (χ3n) is 10.7. The van der Waals surface area contributed by atoms with Gasteiger partial charge < -0.3 is 15.2 Å². The molecule has 3 heterocycles. The van der Waals surface area contributed by atoms with Gasteiger partial charge in [-0.3, -0.25) is 29.0 Å². The molecule has 4 aromatic rings. The molecule has 0 spiro atoms. The van der Waals surface area contributed by atoms with Crippen LogP contribution < -0.4 is 14.8 Å². The maximum atomic E-state index is 14.2. The molecule has 3 N–H and O–H groups in total. The van der Waals surface area contributed by atoms with Gasteiger partial charge >= 0.3 is 6.09 Å². The molecule has 3 aromatic carbocycles. The molecule has 14 nitrogen and oxygen atoms in total. The van der Waals surface area contributed by atoms with Crippen molar-refractivity contribution in [1.29, 1.82) is 0 Å². The molecule has 0 bridgehead atoms. The molecule has 1 saturated carbocycles. The summed E-state index contributed by atoms with van der Waals surface area (Å²) < 4.78 is 34.7. The summed E-state index contributed by atoms with van der Waals surface area (Å²) in [6, 6.07) is 18.9. The molecule has 2 aliphatic heterocycles. The lowest BCUT2D eigenvalue weighted by molar-refractivity contribution is -0.137. The Morgan fingerprint density at radius 3 is 2.38 bits per heavy atom. The van der Waals surface area contributed by atoms with Crippen LogP contribution in [-0.4, -0.2) is 81.9 Å². The van der Waals surface area contributed by atoms with Crippen molar-refractivity contribution in [3.05, 3.63) is 78.0 Å². The molecule has 3 amide bonds. The van der Waals surface area contributed by atoms with E-state index in [1.54, 1.807) is 6.07 Å². The van der Waals surface area contributed by atoms with Crippen LogP contribution >= 0.6 is 0 Å². The van der Waals surface area contributed by atoms with Gasteiger partial charge in [0.25, 0.3) is 0 Å². The Hall–Kier alpha value is -5.70. The number of Topliss-reactive ketones (excluding diaryl/α,β-unsaturated/α-hetero) is 1. The number of carboxylic acid groups (broad SMARTS) is 1. The number of rotatable bonds is 7. The fourth-order valence-corrected chi connectivity index (χ4v) is 8.84. The van der Waals surface area contributed by atoms with Crippen molar-refractivity contribution in [1.82, 2.24) is 24.9 Å². The summed E-state index contributed by atoms with van der Waals surface area (Å²) in [5.41, 5.74) is 4.09. The second-order valence-electron chi connectivity index (χ2n) is 14.6. The van der Waals surface area contributed by atoms with Crippen LogP contribution in [-0.2, 0) is 24.4 Å². The Kier molecular flexibility index (Phi) is 9.80. The van der Waals surface area contributed by atoms with Crippen LogP contribution in [0.15, 0.2) is 83.0 Å². The van der Waals surface area contributed by atoms with Crippen molar-refractivity contribution in [3.8, 4) is 17.1 Å². The second kappa shape index (κ2) is 14.9. The highest BCUT2D eigenvalue weighted by molar-refractivity contribution is 7.90. The average Bonchev–Trinajstić information content (AvgIpc) is 4.11. The molecule has 15 heteroatoms. The number of ether oxygens (including phenoxy) is 1. The van der Waals surface area contributed by atoms with Gasteiger partial charge in [-0.05, 0) is 66.6 Å². The molecule has 4 atom stereocenters. The number of nitrogens with one attached hydrogen (secondary N) is 2. The first-order valence-corrected chi connectivity index (χ1v) is 20.2. The molecule has 1 saturated heterocycles. The Morgan fingerprint density at radius 1 is 0.873 bits per heavy atom. The number of hydrogen-bond donors (Lipinski definition) is 3. The van der Waals surface area contributed by atoms with E-state index in [1.165, 1.54) is 11.1 Å². The third kappa shape index (κ3) is 7.93. The van der Waals surface area contributed by atoms with Crippen molar-refractivity contribution in [2.45, 2.75) is 87.8 Å². The second-order valence-corrected chi connectivity index (χ2v) is 16.5. The van der Waals surface area contributed by atoms with E-state index in [0.29, 0.717) is 60.8 Å². The molecule has 4 aliphatic rings. The fourth-order valence-electron chi connectivity index (χ4n) is 7.49. The summed E-state index contributed by atoms with van der Waals surface area (Å²) in [5.74, 6) is -2.75. The van der Waals surface area contributed by atoms with E-state index in [2.05, 4.69) is 10.0 Å². The number of nitrogens with zero attached hydrogens (tertiary/aromatic N) is 4. The summed E-state index contributed by atoms with van der Waals surface area (Å²) in [6.45, 7) is 0. The van der Waals surface area contributed by atoms with Crippen LogP contribution in [0.1, 0.15) is 64.2 Å². The molecule has 2 fully saturated rings. The molecule has 0 unspecified atom stereocenters. The largest absolute Gasteiger partial charge is 0.465 e. The molecular weight excluding hydrogens is 725 g/mol. The van der Waals surface area contributed by atoms with E-state index in [9.17, 15) is 32.7 Å². The summed E-state index contributed by atoms with van der Waals surface area (Å²) >= 11 is 0. The van der Waals surface area contributed by atoms with Crippen molar-refractivity contribution in [3.63, 3.8) is 0 Å². The van der Waals surface area contributed by atoms with E-state index in [0.717, 1.165) is 28.5 Å². The van der Waals surface area contributed by atoms with Crippen LogP contribution in [0.3, 0.4) is 0 Å². The van der Waals surface area contributed by atoms with Gasteiger partial charge in [-0.2, -0.15) is 0 Å². The zero-order valence-corrected chi connectivity index (χ0v) is 30.7. The van der Waals surface area contributed by atoms with Gasteiger partial charge in [0.15, 0.2) is 12.0 Å². The quantitative estimate of drug-likeness (QED) is 0.223. The Balaban J connectivity index is 1.22. The number of aliphatic imine (C=N–C) groups is 1. The van der Waals surface area contributed by atoms with Crippen molar-refractivity contribution in [2.75, 3.05) is 0 Å². The predicted molar refractivity (Wildman–Crippen MR) is 204 cm³/mol. The first kappa shape index (κ1) is 36.3. The van der Waals surface area contributed by atoms with Crippen molar-refractivity contribution in [2.24, 2.45) is 10.9 Å². The van der Waals surface area contributed by atoms with Gasteiger partial charge in [0, 0.05) is 43.2 Å². The molecule has 0 radical (unpaired) electrons. The SMILES string of the molecule is O=C(O)N[C@H]1CCCCC2=C(C2)/N=C\[C@H]2[C@@H](C(=O)NS(=O)(=O)C3CC3)CC(=O)N2[C@H](Oc2nc3ccccc3nc2-c2ccc3ccccc3c2)CCC1=O. The smallest absolute Gasteiger partial charge is 0.405 e. The number of fused-ring (bicyclic) bond motifs is 3. The van der Waals surface area contributed by atoms with Crippen LogP contribution in [0.4, 0.5) is 4.79 Å². The first-order chi connectivity index (χ1) is 26.5. The summed E-state index contributed by atoms with van der Waals surface area (Å²) in [7, 11) is -3.93. The van der Waals surface area contributed by atoms with E-state index in [-0.39, 0.29) is 30.9 Å². The van der Waals surface area contributed by atoms with E-state index in [1.807, 2.05) is 60.7 Å². The molecule has 284 valence electrons. The van der Waals surface area contributed by atoms with Crippen molar-refractivity contribution >= 4 is 61.7 Å². The molecule has 55 heavy (non-hydrogen) atoms. The lowest BCUT2D eigenvalue weighted by Gasteiger charge is -2.33. The number of ketones is 1. The minimum Gasteiger partial charge on any atom is -0.465 e. The fraction of sp³-hybridized carbons (Fsp3) is 0.375. The molecule has 1 aromatic heterocycles. The van der Waals surface area contributed by atoms with Crippen molar-refractivity contribution < 1.29 is 37.4 Å². The molecule has 8 rings (SSSR count). The highest BCUT2D eigenvalue weighted by Gasteiger charge is 2.49. The lowest BCUT2D eigenvalue weighted by atomic mass is 9.99. The number of allylic oxidation sites excluding steroid dienone is 2. The number of aromatic nitrogens is 2. The summed E-state index contributed by atoms with van der Waals surface area (Å²) in [4.78, 5) is 69.2. The number of benzene rings is 3. The Labute approximate surface area is 317 Å². The zero-order chi connectivity index (χ0) is 38.3. The van der Waals surface area contributed by atoms with Gasteiger partial charge in [0.05, 0.1) is 34.3 Å². The van der Waals surface area contributed by atoms with E-state index >= 15 is 0 Å². The molecule has 2 aliphatic carbocycles. The maximum absolute atomic E-state index is 14.2. The Morgan fingerprint density at radius 2 is 1.62 bits per heavy atom. The number of amides is 3. The average molecular weight is 765 g/mol. The number of sulfonamides is 1. The number of para-hydroxylation sites is 2. The normalized spacial score (nSPS) is 24.0. The third-order valence-corrected chi connectivity index (χ3v) is 12.5. The Bertz CT molecular complexity index is 2390. The molecular formula is C40H40N6O8S.